The summed E-state index contributed by atoms with van der Waals surface area (Å²) in [6, 6.07) is 27.2. The van der Waals surface area contributed by atoms with E-state index < -0.39 is 0 Å². The molecule has 11 rings (SSSR count). The van der Waals surface area contributed by atoms with Gasteiger partial charge in [-0.15, -0.1) is 0 Å². The molecule has 8 aliphatic rings. The van der Waals surface area contributed by atoms with Gasteiger partial charge in [0.15, 0.2) is 0 Å². The van der Waals surface area contributed by atoms with Gasteiger partial charge in [0.05, 0.1) is 18.1 Å². The van der Waals surface area contributed by atoms with Crippen LogP contribution in [-0.4, -0.2) is 23.0 Å². The Bertz CT molecular complexity index is 2350. The quantitative estimate of drug-likeness (QED) is 0.233. The van der Waals surface area contributed by atoms with Gasteiger partial charge in [-0.3, -0.25) is 0 Å². The Balaban J connectivity index is 0.879. The summed E-state index contributed by atoms with van der Waals surface area (Å²) in [6.07, 6.45) is 50.1. The minimum atomic E-state index is 0.293. The van der Waals surface area contributed by atoms with E-state index in [4.69, 9.17) is 0 Å². The van der Waals surface area contributed by atoms with E-state index in [-0.39, 0.29) is 0 Å². The molecule has 2 aliphatic heterocycles. The summed E-state index contributed by atoms with van der Waals surface area (Å²) in [4.78, 5) is 5.40. The molecule has 2 heteroatoms. The van der Waals surface area contributed by atoms with Crippen LogP contribution in [0.1, 0.15) is 79.9 Å². The predicted molar refractivity (Wildman–Crippen MR) is 235 cm³/mol. The van der Waals surface area contributed by atoms with E-state index in [0.29, 0.717) is 47.7 Å². The van der Waals surface area contributed by atoms with Crippen molar-refractivity contribution in [3.8, 4) is 11.1 Å². The first-order chi connectivity index (χ1) is 27.8. The van der Waals surface area contributed by atoms with Crippen molar-refractivity contribution in [2.24, 2.45) is 17.8 Å². The maximum atomic E-state index is 2.80. The maximum absolute atomic E-state index is 2.80. The lowest BCUT2D eigenvalue weighted by atomic mass is 9.78. The van der Waals surface area contributed by atoms with Gasteiger partial charge in [-0.25, -0.2) is 0 Å². The SMILES string of the molecule is C1=CCC(C2=CC=C(N3C4C=CC(c5cccc(-c6ccc7c(c6)C6C=CC=CC6N7c6cccc(C7CC=CCC7)c6)c5)=CC4C4CCC=CC43)CC2)C=C1. The number of benzene rings is 3. The zero-order chi connectivity index (χ0) is 37.0. The fraction of sp³-hybridized carbons (Fsp3) is 0.296. The normalized spacial score (nSPS) is 30.8. The number of allylic oxidation sites excluding steroid dienone is 15. The molecule has 0 N–H and O–H groups in total. The highest BCUT2D eigenvalue weighted by Gasteiger charge is 2.48. The van der Waals surface area contributed by atoms with Gasteiger partial charge >= 0.3 is 0 Å². The van der Waals surface area contributed by atoms with Crippen LogP contribution in [0.2, 0.25) is 0 Å². The van der Waals surface area contributed by atoms with E-state index in [2.05, 4.69) is 180 Å². The Kier molecular flexibility index (Phi) is 8.67. The number of hydrogen-bond acceptors (Lipinski definition) is 2. The van der Waals surface area contributed by atoms with E-state index in [1.54, 1.807) is 5.57 Å². The van der Waals surface area contributed by atoms with Gasteiger partial charge in [-0.2, -0.15) is 0 Å². The molecule has 0 saturated carbocycles. The molecule has 2 heterocycles. The van der Waals surface area contributed by atoms with Gasteiger partial charge in [0.1, 0.15) is 0 Å². The summed E-state index contributed by atoms with van der Waals surface area (Å²) in [5.74, 6) is 2.69. The molecule has 1 fully saturated rings. The first-order valence-corrected chi connectivity index (χ1v) is 21.5. The largest absolute Gasteiger partial charge is 0.361 e. The molecule has 8 atom stereocenters. The van der Waals surface area contributed by atoms with Crippen LogP contribution >= 0.6 is 0 Å². The van der Waals surface area contributed by atoms with E-state index in [1.807, 2.05) is 0 Å². The number of rotatable bonds is 6. The van der Waals surface area contributed by atoms with Crippen molar-refractivity contribution in [2.45, 2.75) is 81.3 Å². The standard InChI is InChI=1S/C54H52N2/c1-3-13-37(14-4-1)39-25-29-45(30-26-39)55-51-23-9-7-21-47(51)49-35-43(27-31-53(49)55)40-17-11-18-41(33-40)44-28-32-54-50(36-44)48-22-8-10-24-52(48)56(54)46-20-12-19-42(34-46)38-15-5-2-6-16-38/h1-5,8-13,17-20,22-25,27-29,31-38,47-49,51-53H,6-7,14-16,21,26,30H2. The molecule has 3 aromatic rings. The molecular weight excluding hydrogens is 677 g/mol. The van der Waals surface area contributed by atoms with Crippen LogP contribution < -0.4 is 4.90 Å². The topological polar surface area (TPSA) is 6.48 Å². The molecule has 8 unspecified atom stereocenters. The third-order valence-corrected chi connectivity index (χ3v) is 14.2. The van der Waals surface area contributed by atoms with Crippen molar-refractivity contribution < 1.29 is 0 Å². The Labute approximate surface area is 333 Å². The molecule has 2 nitrogen and oxygen atoms in total. The fourth-order valence-electron chi connectivity index (χ4n) is 11.4. The molecule has 278 valence electrons. The highest BCUT2D eigenvalue weighted by molar-refractivity contribution is 5.82. The molecule has 0 radical (unpaired) electrons. The highest BCUT2D eigenvalue weighted by Crippen LogP contribution is 2.51. The average molecular weight is 729 g/mol. The second-order valence-corrected chi connectivity index (χ2v) is 17.3. The van der Waals surface area contributed by atoms with Gasteiger partial charge in [-0.05, 0) is 133 Å². The molecule has 0 aromatic heterocycles. The summed E-state index contributed by atoms with van der Waals surface area (Å²) in [5.41, 5.74) is 14.0. The highest BCUT2D eigenvalue weighted by atomic mass is 15.2. The summed E-state index contributed by atoms with van der Waals surface area (Å²) >= 11 is 0. The Morgan fingerprint density at radius 2 is 1.50 bits per heavy atom. The zero-order valence-electron chi connectivity index (χ0n) is 32.3. The van der Waals surface area contributed by atoms with Crippen molar-refractivity contribution in [3.05, 3.63) is 198 Å². The van der Waals surface area contributed by atoms with Crippen molar-refractivity contribution in [3.63, 3.8) is 0 Å². The molecule has 3 aromatic carbocycles. The smallest absolute Gasteiger partial charge is 0.0629 e. The van der Waals surface area contributed by atoms with Crippen molar-refractivity contribution in [1.29, 1.82) is 0 Å². The summed E-state index contributed by atoms with van der Waals surface area (Å²) in [7, 11) is 0. The van der Waals surface area contributed by atoms with Gasteiger partial charge < -0.3 is 9.80 Å². The Morgan fingerprint density at radius 3 is 2.39 bits per heavy atom. The summed E-state index contributed by atoms with van der Waals surface area (Å²) in [5, 5.41) is 0. The first-order valence-electron chi connectivity index (χ1n) is 21.5. The summed E-state index contributed by atoms with van der Waals surface area (Å²) < 4.78 is 0. The second kappa shape index (κ2) is 14.3. The summed E-state index contributed by atoms with van der Waals surface area (Å²) in [6.45, 7) is 0. The van der Waals surface area contributed by atoms with Crippen LogP contribution in [0.15, 0.2) is 181 Å². The zero-order valence-corrected chi connectivity index (χ0v) is 32.3. The predicted octanol–water partition coefficient (Wildman–Crippen LogP) is 13.2. The van der Waals surface area contributed by atoms with E-state index in [1.165, 1.54) is 82.6 Å². The lowest BCUT2D eigenvalue weighted by Gasteiger charge is -2.36. The average Bonchev–Trinajstić information content (AvgIpc) is 3.79. The number of anilines is 2. The van der Waals surface area contributed by atoms with Crippen molar-refractivity contribution >= 4 is 16.9 Å². The van der Waals surface area contributed by atoms with Crippen LogP contribution in [0.3, 0.4) is 0 Å². The van der Waals surface area contributed by atoms with Crippen LogP contribution in [0, 0.1) is 17.8 Å². The number of fused-ring (bicyclic) bond motifs is 6. The fourth-order valence-corrected chi connectivity index (χ4v) is 11.4. The van der Waals surface area contributed by atoms with Crippen LogP contribution in [0.4, 0.5) is 11.4 Å². The molecule has 6 aliphatic carbocycles. The number of nitrogens with zero attached hydrogens (tertiary/aromatic N) is 2. The minimum Gasteiger partial charge on any atom is -0.361 e. The lowest BCUT2D eigenvalue weighted by molar-refractivity contribution is 0.277. The lowest BCUT2D eigenvalue weighted by Crippen LogP contribution is -2.37. The molecule has 0 spiro atoms. The van der Waals surface area contributed by atoms with E-state index in [0.717, 1.165) is 19.3 Å². The maximum Gasteiger partial charge on any atom is 0.0629 e. The van der Waals surface area contributed by atoms with Crippen LogP contribution in [0.25, 0.3) is 16.7 Å². The van der Waals surface area contributed by atoms with Crippen LogP contribution in [0.5, 0.6) is 0 Å². The minimum absolute atomic E-state index is 0.293. The third-order valence-electron chi connectivity index (χ3n) is 14.2. The molecule has 1 saturated heterocycles. The second-order valence-electron chi connectivity index (χ2n) is 17.3. The molecule has 0 bridgehead atoms. The Hall–Kier alpha value is -5.34. The number of hydrogen-bond donors (Lipinski definition) is 0. The Morgan fingerprint density at radius 1 is 0.607 bits per heavy atom. The van der Waals surface area contributed by atoms with Crippen molar-refractivity contribution in [1.82, 2.24) is 4.90 Å². The van der Waals surface area contributed by atoms with Gasteiger partial charge in [0.25, 0.3) is 0 Å². The van der Waals surface area contributed by atoms with Gasteiger partial charge in [0, 0.05) is 34.8 Å². The van der Waals surface area contributed by atoms with Gasteiger partial charge in [-0.1, -0.05) is 139 Å². The third kappa shape index (κ3) is 5.92. The van der Waals surface area contributed by atoms with Crippen molar-refractivity contribution in [2.75, 3.05) is 4.90 Å². The van der Waals surface area contributed by atoms with E-state index in [9.17, 15) is 0 Å². The van der Waals surface area contributed by atoms with Crippen LogP contribution in [-0.2, 0) is 0 Å². The molecule has 0 amide bonds. The monoisotopic (exact) mass is 728 g/mol. The molecule has 56 heavy (non-hydrogen) atoms. The first kappa shape index (κ1) is 34.0. The van der Waals surface area contributed by atoms with E-state index >= 15 is 0 Å². The molecular formula is C54H52N2. The number of likely N-dealkylation sites (tertiary alicyclic amines) is 1. The van der Waals surface area contributed by atoms with Gasteiger partial charge in [0.2, 0.25) is 0 Å².